The lowest BCUT2D eigenvalue weighted by Crippen LogP contribution is -2.11. The number of hydrogen-bond donors (Lipinski definition) is 1. The largest absolute Gasteiger partial charge is 0.297 e. The quantitative estimate of drug-likeness (QED) is 0.373. The molecule has 140 valence electrons. The summed E-state index contributed by atoms with van der Waals surface area (Å²) < 4.78 is 14.1. The van der Waals surface area contributed by atoms with Crippen LogP contribution in [0.4, 0.5) is 9.52 Å². The van der Waals surface area contributed by atoms with Crippen LogP contribution in [0.5, 0.6) is 0 Å². The summed E-state index contributed by atoms with van der Waals surface area (Å²) in [7, 11) is 0. The van der Waals surface area contributed by atoms with Crippen LogP contribution in [0.2, 0.25) is 0 Å². The monoisotopic (exact) mass is 473 g/mol. The second-order valence-corrected chi connectivity index (χ2v) is 8.71. The Bertz CT molecular complexity index is 1140. The molecule has 28 heavy (non-hydrogen) atoms. The molecule has 1 N–H and O–H groups in total. The van der Waals surface area contributed by atoms with E-state index in [0.717, 1.165) is 21.3 Å². The molecule has 4 nitrogen and oxygen atoms in total. The number of aryl methyl sites for hydroxylation is 1. The Balaban J connectivity index is 1.53. The van der Waals surface area contributed by atoms with E-state index in [-0.39, 0.29) is 11.7 Å². The number of anilines is 1. The summed E-state index contributed by atoms with van der Waals surface area (Å²) in [5.74, 6) is -0.555. The third-order valence-corrected chi connectivity index (χ3v) is 6.45. The molecule has 0 unspecified atom stereocenters. The summed E-state index contributed by atoms with van der Waals surface area (Å²) >= 11 is 6.06. The lowest BCUT2D eigenvalue weighted by molar-refractivity contribution is 0.103. The number of benzene rings is 2. The van der Waals surface area contributed by atoms with Gasteiger partial charge in [0, 0.05) is 21.0 Å². The Morgan fingerprint density at radius 1 is 1.04 bits per heavy atom. The third kappa shape index (κ3) is 4.04. The predicted octanol–water partition coefficient (Wildman–Crippen LogP) is 6.40. The molecular formula is C20H13BrFN3OS2. The van der Waals surface area contributed by atoms with Crippen LogP contribution in [0, 0.1) is 12.7 Å². The molecule has 0 spiro atoms. The van der Waals surface area contributed by atoms with E-state index in [2.05, 4.69) is 31.2 Å². The Kier molecular flexibility index (Phi) is 5.34. The first-order valence-corrected chi connectivity index (χ1v) is 10.7. The minimum absolute atomic E-state index is 0.250. The van der Waals surface area contributed by atoms with Crippen molar-refractivity contribution < 1.29 is 9.18 Å². The maximum atomic E-state index is 13.1. The zero-order valence-electron chi connectivity index (χ0n) is 14.6. The normalized spacial score (nSPS) is 10.8. The standard InChI is InChI=1S/C20H13BrFN3OS2/c1-11-17(28-19(23-11)13-4-8-15(22)9-5-13)18(26)25-20-24-16(10-27-20)12-2-6-14(21)7-3-12/h2-10H,1H3,(H,24,25,26). The van der Waals surface area contributed by atoms with Crippen LogP contribution in [0.3, 0.4) is 0 Å². The molecule has 0 fully saturated rings. The van der Waals surface area contributed by atoms with Crippen LogP contribution in [-0.2, 0) is 0 Å². The summed E-state index contributed by atoms with van der Waals surface area (Å²) in [6.07, 6.45) is 0. The SMILES string of the molecule is Cc1nc(-c2ccc(F)cc2)sc1C(=O)Nc1nc(-c2ccc(Br)cc2)cs1. The Hall–Kier alpha value is -2.42. The van der Waals surface area contributed by atoms with Crippen LogP contribution in [0.1, 0.15) is 15.4 Å². The molecule has 0 bridgehead atoms. The van der Waals surface area contributed by atoms with Gasteiger partial charge >= 0.3 is 0 Å². The van der Waals surface area contributed by atoms with Crippen LogP contribution < -0.4 is 5.32 Å². The molecule has 0 saturated carbocycles. The van der Waals surface area contributed by atoms with Gasteiger partial charge in [-0.3, -0.25) is 10.1 Å². The van der Waals surface area contributed by atoms with E-state index in [1.165, 1.54) is 34.8 Å². The van der Waals surface area contributed by atoms with Gasteiger partial charge in [-0.2, -0.15) is 0 Å². The molecule has 1 amide bonds. The van der Waals surface area contributed by atoms with Crippen molar-refractivity contribution in [2.75, 3.05) is 5.32 Å². The molecule has 4 aromatic rings. The smallest absolute Gasteiger partial charge is 0.269 e. The van der Waals surface area contributed by atoms with Gasteiger partial charge in [-0.05, 0) is 43.3 Å². The van der Waals surface area contributed by atoms with Crippen LogP contribution >= 0.6 is 38.6 Å². The number of nitrogens with one attached hydrogen (secondary N) is 1. The molecular weight excluding hydrogens is 461 g/mol. The van der Waals surface area contributed by atoms with Gasteiger partial charge in [-0.25, -0.2) is 14.4 Å². The average molecular weight is 474 g/mol. The van der Waals surface area contributed by atoms with Gasteiger partial charge in [0.2, 0.25) is 0 Å². The first-order valence-electron chi connectivity index (χ1n) is 8.26. The number of halogens is 2. The molecule has 2 aromatic heterocycles. The number of amides is 1. The van der Waals surface area contributed by atoms with E-state index in [0.29, 0.717) is 20.7 Å². The fourth-order valence-electron chi connectivity index (χ4n) is 2.56. The number of aromatic nitrogens is 2. The summed E-state index contributed by atoms with van der Waals surface area (Å²) in [5, 5.41) is 5.95. The van der Waals surface area contributed by atoms with Crippen molar-refractivity contribution in [1.29, 1.82) is 0 Å². The fraction of sp³-hybridized carbons (Fsp3) is 0.0500. The number of nitrogens with zero attached hydrogens (tertiary/aromatic N) is 2. The van der Waals surface area contributed by atoms with Crippen molar-refractivity contribution in [2.24, 2.45) is 0 Å². The van der Waals surface area contributed by atoms with Gasteiger partial charge in [0.05, 0.1) is 11.4 Å². The van der Waals surface area contributed by atoms with Gasteiger partial charge in [-0.15, -0.1) is 22.7 Å². The van der Waals surface area contributed by atoms with E-state index in [4.69, 9.17) is 0 Å². The summed E-state index contributed by atoms with van der Waals surface area (Å²) in [5.41, 5.74) is 3.19. The summed E-state index contributed by atoms with van der Waals surface area (Å²) in [4.78, 5) is 22.1. The molecule has 2 aromatic carbocycles. The van der Waals surface area contributed by atoms with Crippen molar-refractivity contribution in [1.82, 2.24) is 9.97 Å². The molecule has 0 radical (unpaired) electrons. The average Bonchev–Trinajstić information content (AvgIpc) is 3.30. The van der Waals surface area contributed by atoms with Crippen LogP contribution in [-0.4, -0.2) is 15.9 Å². The zero-order chi connectivity index (χ0) is 19.7. The molecule has 2 heterocycles. The van der Waals surface area contributed by atoms with Gasteiger partial charge in [0.25, 0.3) is 5.91 Å². The molecule has 0 aliphatic carbocycles. The number of carbonyl (C=O) groups excluding carboxylic acids is 1. The fourth-order valence-corrected chi connectivity index (χ4v) is 4.51. The lowest BCUT2D eigenvalue weighted by Gasteiger charge is -2.00. The van der Waals surface area contributed by atoms with Crippen molar-refractivity contribution in [3.05, 3.63) is 74.8 Å². The van der Waals surface area contributed by atoms with Crippen molar-refractivity contribution in [3.8, 4) is 21.8 Å². The minimum Gasteiger partial charge on any atom is -0.297 e. The highest BCUT2D eigenvalue weighted by molar-refractivity contribution is 9.10. The van der Waals surface area contributed by atoms with E-state index in [9.17, 15) is 9.18 Å². The van der Waals surface area contributed by atoms with Gasteiger partial charge in [-0.1, -0.05) is 28.1 Å². The van der Waals surface area contributed by atoms with Crippen molar-refractivity contribution in [3.63, 3.8) is 0 Å². The van der Waals surface area contributed by atoms with E-state index < -0.39 is 0 Å². The first-order chi connectivity index (χ1) is 13.5. The lowest BCUT2D eigenvalue weighted by atomic mass is 10.2. The van der Waals surface area contributed by atoms with Gasteiger partial charge < -0.3 is 0 Å². The minimum atomic E-state index is -0.305. The van der Waals surface area contributed by atoms with Crippen LogP contribution in [0.15, 0.2) is 58.4 Å². The molecule has 0 atom stereocenters. The Labute approximate surface area is 177 Å². The first kappa shape index (κ1) is 18.9. The zero-order valence-corrected chi connectivity index (χ0v) is 17.8. The second kappa shape index (κ2) is 7.90. The van der Waals surface area contributed by atoms with E-state index in [1.807, 2.05) is 29.6 Å². The molecule has 4 rings (SSSR count). The maximum Gasteiger partial charge on any atom is 0.269 e. The topological polar surface area (TPSA) is 54.9 Å². The predicted molar refractivity (Wildman–Crippen MR) is 115 cm³/mol. The molecule has 0 saturated heterocycles. The highest BCUT2D eigenvalue weighted by Crippen LogP contribution is 2.30. The number of rotatable bonds is 4. The van der Waals surface area contributed by atoms with Gasteiger partial charge in [0.1, 0.15) is 15.7 Å². The summed E-state index contributed by atoms with van der Waals surface area (Å²) in [6, 6.07) is 13.9. The Morgan fingerprint density at radius 3 is 2.43 bits per heavy atom. The third-order valence-electron chi connectivity index (χ3n) is 3.96. The number of carbonyl (C=O) groups is 1. The van der Waals surface area contributed by atoms with Gasteiger partial charge in [0.15, 0.2) is 5.13 Å². The molecule has 8 heteroatoms. The molecule has 0 aliphatic heterocycles. The van der Waals surface area contributed by atoms with Crippen molar-refractivity contribution in [2.45, 2.75) is 6.92 Å². The maximum absolute atomic E-state index is 13.1. The highest BCUT2D eigenvalue weighted by atomic mass is 79.9. The van der Waals surface area contributed by atoms with Crippen molar-refractivity contribution >= 4 is 49.6 Å². The Morgan fingerprint density at radius 2 is 1.71 bits per heavy atom. The van der Waals surface area contributed by atoms with Crippen LogP contribution in [0.25, 0.3) is 21.8 Å². The highest BCUT2D eigenvalue weighted by Gasteiger charge is 2.18. The number of hydrogen-bond acceptors (Lipinski definition) is 5. The summed E-state index contributed by atoms with van der Waals surface area (Å²) in [6.45, 7) is 1.79. The second-order valence-electron chi connectivity index (χ2n) is 5.94. The number of thiazole rings is 2. The van der Waals surface area contributed by atoms with E-state index in [1.54, 1.807) is 19.1 Å². The molecule has 0 aliphatic rings. The van der Waals surface area contributed by atoms with E-state index >= 15 is 0 Å².